The van der Waals surface area contributed by atoms with Crippen molar-refractivity contribution in [3.8, 4) is 11.3 Å². The lowest BCUT2D eigenvalue weighted by atomic mass is 9.92. The van der Waals surface area contributed by atoms with Crippen LogP contribution in [-0.4, -0.2) is 29.3 Å². The van der Waals surface area contributed by atoms with Crippen molar-refractivity contribution in [2.75, 3.05) is 6.54 Å². The molecule has 4 rings (SSSR count). The van der Waals surface area contributed by atoms with Crippen LogP contribution < -0.4 is 10.6 Å². The van der Waals surface area contributed by atoms with Crippen molar-refractivity contribution in [3.05, 3.63) is 82.8 Å². The second-order valence-electron chi connectivity index (χ2n) is 7.50. The van der Waals surface area contributed by atoms with Gasteiger partial charge in [-0.2, -0.15) is 0 Å². The van der Waals surface area contributed by atoms with Gasteiger partial charge in [-0.05, 0) is 61.0 Å². The highest BCUT2D eigenvalue weighted by Crippen LogP contribution is 2.29. The van der Waals surface area contributed by atoms with Gasteiger partial charge >= 0.3 is 6.03 Å². The monoisotopic (exact) mass is 455 g/mol. The Kier molecular flexibility index (Phi) is 5.71. The van der Waals surface area contributed by atoms with E-state index in [1.54, 1.807) is 24.3 Å². The van der Waals surface area contributed by atoms with Crippen LogP contribution in [0, 0.1) is 5.82 Å². The Labute approximate surface area is 188 Å². The summed E-state index contributed by atoms with van der Waals surface area (Å²) >= 11 is 5.89. The molecule has 1 aliphatic rings. The van der Waals surface area contributed by atoms with E-state index in [4.69, 9.17) is 16.0 Å². The van der Waals surface area contributed by atoms with E-state index in [0.29, 0.717) is 22.1 Å². The topological polar surface area (TPSA) is 91.7 Å². The van der Waals surface area contributed by atoms with Crippen molar-refractivity contribution in [1.29, 1.82) is 0 Å². The number of hydrogen-bond donors (Lipinski definition) is 2. The Morgan fingerprint density at radius 1 is 1.09 bits per heavy atom. The Balaban J connectivity index is 1.37. The number of nitrogens with zero attached hydrogens (tertiary/aromatic N) is 1. The van der Waals surface area contributed by atoms with Crippen LogP contribution in [0.5, 0.6) is 0 Å². The number of furan rings is 1. The Morgan fingerprint density at radius 2 is 1.78 bits per heavy atom. The van der Waals surface area contributed by atoms with Crippen LogP contribution in [0.25, 0.3) is 11.3 Å². The zero-order chi connectivity index (χ0) is 22.9. The lowest BCUT2D eigenvalue weighted by Gasteiger charge is -2.22. The summed E-state index contributed by atoms with van der Waals surface area (Å²) < 4.78 is 18.9. The van der Waals surface area contributed by atoms with Gasteiger partial charge in [0.1, 0.15) is 29.4 Å². The molecule has 1 fully saturated rings. The first-order chi connectivity index (χ1) is 15.3. The van der Waals surface area contributed by atoms with Crippen LogP contribution in [-0.2, 0) is 21.7 Å². The summed E-state index contributed by atoms with van der Waals surface area (Å²) in [5, 5.41) is 5.83. The van der Waals surface area contributed by atoms with Gasteiger partial charge in [0.25, 0.3) is 5.91 Å². The molecule has 9 heteroatoms. The molecule has 1 saturated heterocycles. The van der Waals surface area contributed by atoms with E-state index in [9.17, 15) is 18.8 Å². The zero-order valence-corrected chi connectivity index (χ0v) is 17.8. The van der Waals surface area contributed by atoms with Gasteiger partial charge in [0, 0.05) is 10.6 Å². The molecule has 4 amide bonds. The molecule has 0 spiro atoms. The van der Waals surface area contributed by atoms with E-state index in [-0.39, 0.29) is 6.54 Å². The maximum atomic E-state index is 13.2. The van der Waals surface area contributed by atoms with Crippen LogP contribution in [0.4, 0.5) is 9.18 Å². The lowest BCUT2D eigenvalue weighted by molar-refractivity contribution is -0.134. The number of carbonyl (C=O) groups excluding carboxylic acids is 3. The number of nitrogens with one attached hydrogen (secondary N) is 2. The number of urea groups is 1. The molecule has 0 radical (unpaired) electrons. The van der Waals surface area contributed by atoms with E-state index < -0.39 is 35.7 Å². The van der Waals surface area contributed by atoms with Gasteiger partial charge in [0.15, 0.2) is 0 Å². The largest absolute Gasteiger partial charge is 0.459 e. The summed E-state index contributed by atoms with van der Waals surface area (Å²) in [6.45, 7) is 1.15. The molecule has 1 aliphatic heterocycles. The first-order valence-electron chi connectivity index (χ1n) is 9.78. The van der Waals surface area contributed by atoms with Gasteiger partial charge in [-0.3, -0.25) is 14.5 Å². The molecular weight excluding hydrogens is 437 g/mol. The summed E-state index contributed by atoms with van der Waals surface area (Å²) in [6.07, 6.45) is 0. The maximum absolute atomic E-state index is 13.2. The molecule has 7 nitrogen and oxygen atoms in total. The number of amides is 4. The van der Waals surface area contributed by atoms with Crippen molar-refractivity contribution in [2.24, 2.45) is 0 Å². The summed E-state index contributed by atoms with van der Waals surface area (Å²) in [6, 6.07) is 15.2. The highest BCUT2D eigenvalue weighted by Gasteiger charge is 2.49. The Bertz CT molecular complexity index is 1180. The van der Waals surface area contributed by atoms with E-state index in [1.165, 1.54) is 31.2 Å². The quantitative estimate of drug-likeness (QED) is 0.553. The first kappa shape index (κ1) is 21.6. The van der Waals surface area contributed by atoms with Crippen LogP contribution in [0.15, 0.2) is 65.1 Å². The normalized spacial score (nSPS) is 18.0. The highest BCUT2D eigenvalue weighted by atomic mass is 35.5. The smallest absolute Gasteiger partial charge is 0.325 e. The van der Waals surface area contributed by atoms with Gasteiger partial charge < -0.3 is 15.1 Å². The molecule has 2 heterocycles. The lowest BCUT2D eigenvalue weighted by Crippen LogP contribution is -2.43. The van der Waals surface area contributed by atoms with Crippen molar-refractivity contribution in [2.45, 2.75) is 19.0 Å². The average molecular weight is 456 g/mol. The molecule has 1 atom stereocenters. The molecule has 32 heavy (non-hydrogen) atoms. The van der Waals surface area contributed by atoms with Crippen molar-refractivity contribution >= 4 is 29.4 Å². The van der Waals surface area contributed by atoms with Gasteiger partial charge in [-0.25, -0.2) is 9.18 Å². The number of benzene rings is 2. The number of imide groups is 1. The number of carbonyl (C=O) groups is 3. The molecule has 3 aromatic rings. The fourth-order valence-electron chi connectivity index (χ4n) is 3.45. The average Bonchev–Trinajstić information content (AvgIpc) is 3.32. The van der Waals surface area contributed by atoms with Crippen LogP contribution in [0.3, 0.4) is 0 Å². The predicted molar refractivity (Wildman–Crippen MR) is 115 cm³/mol. The summed E-state index contributed by atoms with van der Waals surface area (Å²) in [5.41, 5.74) is -0.114. The molecule has 0 saturated carbocycles. The number of halogens is 2. The second kappa shape index (κ2) is 8.47. The Morgan fingerprint density at radius 3 is 2.47 bits per heavy atom. The SMILES string of the molecule is CC1(c2ccc(F)cc2)NC(=O)N(CC(=O)NCc2ccc(-c3ccc(Cl)cc3)o2)C1=O. The van der Waals surface area contributed by atoms with Crippen molar-refractivity contribution in [1.82, 2.24) is 15.5 Å². The minimum atomic E-state index is -1.38. The van der Waals surface area contributed by atoms with E-state index in [0.717, 1.165) is 10.5 Å². The summed E-state index contributed by atoms with van der Waals surface area (Å²) in [4.78, 5) is 38.4. The summed E-state index contributed by atoms with van der Waals surface area (Å²) in [7, 11) is 0. The standard InChI is InChI=1S/C23H19ClFN3O4/c1-23(15-4-8-17(25)9-5-15)21(30)28(22(31)27-23)13-20(29)26-12-18-10-11-19(32-18)14-2-6-16(24)7-3-14/h2-11H,12-13H2,1H3,(H,26,29)(H,27,31). The van der Waals surface area contributed by atoms with E-state index in [1.807, 2.05) is 12.1 Å². The third kappa shape index (κ3) is 4.22. The summed E-state index contributed by atoms with van der Waals surface area (Å²) in [5.74, 6) is -0.442. The van der Waals surface area contributed by atoms with Crippen molar-refractivity contribution in [3.63, 3.8) is 0 Å². The molecule has 0 bridgehead atoms. The van der Waals surface area contributed by atoms with Gasteiger partial charge in [0.05, 0.1) is 6.54 Å². The second-order valence-corrected chi connectivity index (χ2v) is 7.94. The highest BCUT2D eigenvalue weighted by molar-refractivity contribution is 6.30. The van der Waals surface area contributed by atoms with Gasteiger partial charge in [-0.1, -0.05) is 23.7 Å². The van der Waals surface area contributed by atoms with E-state index >= 15 is 0 Å². The molecular formula is C23H19ClFN3O4. The van der Waals surface area contributed by atoms with Gasteiger partial charge in [-0.15, -0.1) is 0 Å². The van der Waals surface area contributed by atoms with Crippen LogP contribution in [0.1, 0.15) is 18.2 Å². The predicted octanol–water partition coefficient (Wildman–Crippen LogP) is 3.82. The fraction of sp³-hybridized carbons (Fsp3) is 0.174. The fourth-order valence-corrected chi connectivity index (χ4v) is 3.57. The van der Waals surface area contributed by atoms with Crippen LogP contribution >= 0.6 is 11.6 Å². The Hall–Kier alpha value is -3.65. The van der Waals surface area contributed by atoms with E-state index in [2.05, 4.69) is 10.6 Å². The third-order valence-corrected chi connectivity index (χ3v) is 5.50. The molecule has 0 aliphatic carbocycles. The van der Waals surface area contributed by atoms with Gasteiger partial charge in [0.2, 0.25) is 5.91 Å². The number of hydrogen-bond acceptors (Lipinski definition) is 4. The minimum absolute atomic E-state index is 0.0886. The minimum Gasteiger partial charge on any atom is -0.459 e. The van der Waals surface area contributed by atoms with Crippen LogP contribution in [0.2, 0.25) is 5.02 Å². The number of rotatable bonds is 6. The molecule has 2 aromatic carbocycles. The molecule has 164 valence electrons. The van der Waals surface area contributed by atoms with Crippen molar-refractivity contribution < 1.29 is 23.2 Å². The molecule has 1 aromatic heterocycles. The third-order valence-electron chi connectivity index (χ3n) is 5.25. The zero-order valence-electron chi connectivity index (χ0n) is 17.0. The maximum Gasteiger partial charge on any atom is 0.325 e. The first-order valence-corrected chi connectivity index (χ1v) is 10.2. The molecule has 1 unspecified atom stereocenters. The molecule has 2 N–H and O–H groups in total.